The predicted octanol–water partition coefficient (Wildman–Crippen LogP) is 5.16. The Kier molecular flexibility index (Phi) is 9.73. The van der Waals surface area contributed by atoms with Gasteiger partial charge in [0.25, 0.3) is 0 Å². The molecule has 33 heavy (non-hydrogen) atoms. The quantitative estimate of drug-likeness (QED) is 0.420. The van der Waals surface area contributed by atoms with Crippen molar-refractivity contribution >= 4 is 23.1 Å². The summed E-state index contributed by atoms with van der Waals surface area (Å²) in [5.41, 5.74) is 3.02. The fourth-order valence-corrected chi connectivity index (χ4v) is 3.87. The minimum absolute atomic E-state index is 0.148. The van der Waals surface area contributed by atoms with Crippen molar-refractivity contribution in [2.24, 2.45) is 0 Å². The van der Waals surface area contributed by atoms with E-state index in [4.69, 9.17) is 25.8 Å². The number of ether oxygens (including phenoxy) is 3. The van der Waals surface area contributed by atoms with Crippen molar-refractivity contribution in [3.8, 4) is 5.75 Å². The van der Waals surface area contributed by atoms with Crippen LogP contribution in [0.1, 0.15) is 31.4 Å². The van der Waals surface area contributed by atoms with E-state index in [2.05, 4.69) is 11.0 Å². The molecule has 0 saturated carbocycles. The third kappa shape index (κ3) is 7.56. The highest BCUT2D eigenvalue weighted by atomic mass is 35.5. The normalized spacial score (nSPS) is 15.1. The summed E-state index contributed by atoms with van der Waals surface area (Å²) in [6.45, 7) is 7.50. The molecule has 0 radical (unpaired) electrons. The zero-order chi connectivity index (χ0) is 23.6. The number of halogens is 2. The van der Waals surface area contributed by atoms with Gasteiger partial charge in [0.15, 0.2) is 6.10 Å². The summed E-state index contributed by atoms with van der Waals surface area (Å²) in [7, 11) is 0. The van der Waals surface area contributed by atoms with E-state index in [9.17, 15) is 9.18 Å². The van der Waals surface area contributed by atoms with E-state index < -0.39 is 6.10 Å². The summed E-state index contributed by atoms with van der Waals surface area (Å²) >= 11 is 5.78. The SMILES string of the molecule is CCOC(=O)C(Cc1ccc(OCCN2CC=C(c3ccc(Cl)c(F)c3)CC2)cc1)OCC. The average molecular weight is 476 g/mol. The molecule has 2 aromatic rings. The molecule has 0 saturated heterocycles. The van der Waals surface area contributed by atoms with Crippen molar-refractivity contribution in [1.82, 2.24) is 4.90 Å². The van der Waals surface area contributed by atoms with Crippen molar-refractivity contribution in [3.63, 3.8) is 0 Å². The molecule has 0 bridgehead atoms. The Balaban J connectivity index is 1.44. The summed E-state index contributed by atoms with van der Waals surface area (Å²) in [6.07, 6.45) is 2.87. The monoisotopic (exact) mass is 475 g/mol. The van der Waals surface area contributed by atoms with Crippen LogP contribution in [0.5, 0.6) is 5.75 Å². The number of benzene rings is 2. The summed E-state index contributed by atoms with van der Waals surface area (Å²) in [4.78, 5) is 14.3. The fourth-order valence-electron chi connectivity index (χ4n) is 3.75. The Hall–Kier alpha value is -2.41. The van der Waals surface area contributed by atoms with Gasteiger partial charge in [-0.1, -0.05) is 35.9 Å². The largest absolute Gasteiger partial charge is 0.492 e. The highest BCUT2D eigenvalue weighted by Crippen LogP contribution is 2.25. The molecule has 3 rings (SSSR count). The molecule has 5 nitrogen and oxygen atoms in total. The Morgan fingerprint density at radius 1 is 1.15 bits per heavy atom. The summed E-state index contributed by atoms with van der Waals surface area (Å²) in [5.74, 6) is 0.0681. The van der Waals surface area contributed by atoms with Gasteiger partial charge in [0.2, 0.25) is 0 Å². The second-order valence-corrected chi connectivity index (χ2v) is 8.21. The van der Waals surface area contributed by atoms with Gasteiger partial charge in [0.05, 0.1) is 11.6 Å². The third-order valence-corrected chi connectivity index (χ3v) is 5.83. The summed E-state index contributed by atoms with van der Waals surface area (Å²) in [5, 5.41) is 0.148. The molecule has 0 aromatic heterocycles. The van der Waals surface area contributed by atoms with Crippen molar-refractivity contribution in [1.29, 1.82) is 0 Å². The predicted molar refractivity (Wildman–Crippen MR) is 128 cm³/mol. The summed E-state index contributed by atoms with van der Waals surface area (Å²) < 4.78 is 30.2. The van der Waals surface area contributed by atoms with E-state index in [-0.39, 0.29) is 16.8 Å². The van der Waals surface area contributed by atoms with Crippen molar-refractivity contribution in [2.75, 3.05) is 39.5 Å². The molecule has 1 atom stereocenters. The van der Waals surface area contributed by atoms with Gasteiger partial charge in [-0.25, -0.2) is 9.18 Å². The lowest BCUT2D eigenvalue weighted by molar-refractivity contribution is -0.156. The molecule has 0 N–H and O–H groups in total. The first kappa shape index (κ1) is 25.2. The van der Waals surface area contributed by atoms with Gasteiger partial charge in [0.1, 0.15) is 18.2 Å². The number of nitrogens with zero attached hydrogens (tertiary/aromatic N) is 1. The number of rotatable bonds is 11. The molecule has 0 amide bonds. The van der Waals surface area contributed by atoms with Gasteiger partial charge in [0, 0.05) is 32.7 Å². The number of carbonyl (C=O) groups is 1. The van der Waals surface area contributed by atoms with Gasteiger partial charge < -0.3 is 14.2 Å². The Labute approximate surface area is 200 Å². The van der Waals surface area contributed by atoms with Crippen LogP contribution in [0.25, 0.3) is 5.57 Å². The first-order valence-corrected chi connectivity index (χ1v) is 11.7. The maximum atomic E-state index is 13.7. The zero-order valence-electron chi connectivity index (χ0n) is 19.2. The maximum absolute atomic E-state index is 13.7. The van der Waals surface area contributed by atoms with Gasteiger partial charge >= 0.3 is 5.97 Å². The topological polar surface area (TPSA) is 48.0 Å². The number of hydrogen-bond acceptors (Lipinski definition) is 5. The fraction of sp³-hybridized carbons (Fsp3) is 0.423. The molecule has 1 unspecified atom stereocenters. The van der Waals surface area contributed by atoms with Crippen molar-refractivity contribution in [3.05, 3.63) is 70.5 Å². The molecule has 178 valence electrons. The molecule has 1 aliphatic heterocycles. The van der Waals surface area contributed by atoms with Gasteiger partial charge in [-0.3, -0.25) is 4.90 Å². The first-order chi connectivity index (χ1) is 16.0. The lowest BCUT2D eigenvalue weighted by Crippen LogP contribution is -2.32. The van der Waals surface area contributed by atoms with E-state index >= 15 is 0 Å². The highest BCUT2D eigenvalue weighted by Gasteiger charge is 2.20. The smallest absolute Gasteiger partial charge is 0.335 e. The first-order valence-electron chi connectivity index (χ1n) is 11.4. The molecule has 1 heterocycles. The molecule has 0 spiro atoms. The van der Waals surface area contributed by atoms with Crippen LogP contribution in [-0.2, 0) is 20.7 Å². The molecule has 0 aliphatic carbocycles. The second-order valence-electron chi connectivity index (χ2n) is 7.80. The Morgan fingerprint density at radius 3 is 2.58 bits per heavy atom. The van der Waals surface area contributed by atoms with E-state index in [1.807, 2.05) is 37.3 Å². The van der Waals surface area contributed by atoms with E-state index in [0.29, 0.717) is 26.2 Å². The van der Waals surface area contributed by atoms with Crippen LogP contribution in [0, 0.1) is 5.82 Å². The lowest BCUT2D eigenvalue weighted by atomic mass is 9.99. The lowest BCUT2D eigenvalue weighted by Gasteiger charge is -2.26. The average Bonchev–Trinajstić information content (AvgIpc) is 2.82. The molecule has 7 heteroatoms. The van der Waals surface area contributed by atoms with Crippen LogP contribution in [-0.4, -0.2) is 56.4 Å². The molecular formula is C26H31ClFNO4. The molecule has 1 aliphatic rings. The van der Waals surface area contributed by atoms with E-state index in [1.54, 1.807) is 13.0 Å². The second kappa shape index (κ2) is 12.7. The number of hydrogen-bond donors (Lipinski definition) is 0. The van der Waals surface area contributed by atoms with Crippen molar-refractivity contribution < 1.29 is 23.4 Å². The van der Waals surface area contributed by atoms with Gasteiger partial charge in [-0.15, -0.1) is 0 Å². The minimum Gasteiger partial charge on any atom is -0.492 e. The molecule has 0 fully saturated rings. The van der Waals surface area contributed by atoms with Crippen LogP contribution in [0.2, 0.25) is 5.02 Å². The van der Waals surface area contributed by atoms with Crippen LogP contribution in [0.4, 0.5) is 4.39 Å². The maximum Gasteiger partial charge on any atom is 0.335 e. The Bertz CT molecular complexity index is 948. The highest BCUT2D eigenvalue weighted by molar-refractivity contribution is 6.30. The standard InChI is InChI=1S/C26H31ClFNO4/c1-3-31-25(26(30)32-4-2)17-19-5-8-22(9-6-19)33-16-15-29-13-11-20(12-14-29)21-7-10-23(27)24(28)18-21/h5-11,18,25H,3-4,12-17H2,1-2H3. The van der Waals surface area contributed by atoms with Gasteiger partial charge in [-0.2, -0.15) is 0 Å². The van der Waals surface area contributed by atoms with E-state index in [1.165, 1.54) is 6.07 Å². The van der Waals surface area contributed by atoms with Crippen LogP contribution in [0.15, 0.2) is 48.5 Å². The Morgan fingerprint density at radius 2 is 1.94 bits per heavy atom. The number of esters is 1. The summed E-state index contributed by atoms with van der Waals surface area (Å²) in [6, 6.07) is 12.7. The van der Waals surface area contributed by atoms with Crippen LogP contribution >= 0.6 is 11.6 Å². The molecular weight excluding hydrogens is 445 g/mol. The van der Waals surface area contributed by atoms with Crippen molar-refractivity contribution in [2.45, 2.75) is 32.8 Å². The van der Waals surface area contributed by atoms with Gasteiger partial charge in [-0.05, 0) is 61.2 Å². The van der Waals surface area contributed by atoms with Crippen LogP contribution < -0.4 is 4.74 Å². The minimum atomic E-state index is -0.594. The molecule has 2 aromatic carbocycles. The number of carbonyl (C=O) groups excluding carboxylic acids is 1. The third-order valence-electron chi connectivity index (χ3n) is 5.52. The zero-order valence-corrected chi connectivity index (χ0v) is 19.9. The van der Waals surface area contributed by atoms with Crippen LogP contribution in [0.3, 0.4) is 0 Å². The van der Waals surface area contributed by atoms with E-state index in [0.717, 1.165) is 48.5 Å².